The zero-order valence-corrected chi connectivity index (χ0v) is 13.2. The van der Waals surface area contributed by atoms with Gasteiger partial charge in [-0.3, -0.25) is 0 Å². The van der Waals surface area contributed by atoms with Gasteiger partial charge in [-0.15, -0.1) is 11.3 Å². The Morgan fingerprint density at radius 1 is 1.41 bits per heavy atom. The number of nitrogens with zero attached hydrogens (tertiary/aromatic N) is 2. The molecule has 2 rings (SSSR count). The maximum atomic E-state index is 4.42. The third kappa shape index (κ3) is 3.76. The molecule has 0 aromatic carbocycles. The largest absolute Gasteiger partial charge is 0.369 e. The van der Waals surface area contributed by atoms with E-state index in [1.807, 2.05) is 13.0 Å². The molecule has 2 aromatic heterocycles. The third-order valence-electron chi connectivity index (χ3n) is 2.11. The van der Waals surface area contributed by atoms with Gasteiger partial charge < -0.3 is 5.32 Å². The molecular formula is C11H11Br2N3S. The number of nitrogens with one attached hydrogen (secondary N) is 1. The fourth-order valence-electron chi connectivity index (χ4n) is 1.35. The second kappa shape index (κ2) is 5.93. The Kier molecular flexibility index (Phi) is 4.53. The maximum absolute atomic E-state index is 4.42. The number of rotatable bonds is 4. The van der Waals surface area contributed by atoms with Gasteiger partial charge in [-0.1, -0.05) is 0 Å². The summed E-state index contributed by atoms with van der Waals surface area (Å²) in [7, 11) is 0. The average Bonchev–Trinajstić information content (AvgIpc) is 2.68. The number of hydrogen-bond donors (Lipinski definition) is 1. The second-order valence-electron chi connectivity index (χ2n) is 3.54. The number of pyridine rings is 1. The predicted octanol–water partition coefficient (Wildman–Crippen LogP) is 4.03. The highest BCUT2D eigenvalue weighted by Gasteiger charge is 2.03. The molecule has 0 aliphatic carbocycles. The normalized spacial score (nSPS) is 10.5. The highest BCUT2D eigenvalue weighted by molar-refractivity contribution is 9.11. The summed E-state index contributed by atoms with van der Waals surface area (Å²) in [4.78, 5) is 8.71. The lowest BCUT2D eigenvalue weighted by Gasteiger charge is -2.06. The number of hydrogen-bond acceptors (Lipinski definition) is 4. The molecule has 0 spiro atoms. The van der Waals surface area contributed by atoms with Crippen molar-refractivity contribution in [1.82, 2.24) is 9.97 Å². The summed E-state index contributed by atoms with van der Waals surface area (Å²) >= 11 is 8.55. The Bertz CT molecular complexity index is 513. The summed E-state index contributed by atoms with van der Waals surface area (Å²) in [6, 6.07) is 1.98. The molecule has 6 heteroatoms. The molecule has 17 heavy (non-hydrogen) atoms. The maximum Gasteiger partial charge on any atom is 0.140 e. The van der Waals surface area contributed by atoms with Crippen LogP contribution in [-0.2, 0) is 6.42 Å². The molecule has 0 atom stereocenters. The Hall–Kier alpha value is -0.460. The van der Waals surface area contributed by atoms with Crippen molar-refractivity contribution in [1.29, 1.82) is 0 Å². The van der Waals surface area contributed by atoms with Crippen molar-refractivity contribution in [3.63, 3.8) is 0 Å². The van der Waals surface area contributed by atoms with Gasteiger partial charge in [0, 0.05) is 34.7 Å². The van der Waals surface area contributed by atoms with Gasteiger partial charge in [0.2, 0.25) is 0 Å². The fraction of sp³-hybridized carbons (Fsp3) is 0.273. The van der Waals surface area contributed by atoms with E-state index in [0.29, 0.717) is 0 Å². The van der Waals surface area contributed by atoms with Crippen LogP contribution in [0.5, 0.6) is 0 Å². The first-order chi connectivity index (χ1) is 8.15. The Labute approximate surface area is 121 Å². The van der Waals surface area contributed by atoms with Gasteiger partial charge in [0.15, 0.2) is 0 Å². The molecule has 0 aliphatic heterocycles. The second-order valence-corrected chi connectivity index (χ2v) is 6.26. The zero-order chi connectivity index (χ0) is 12.3. The van der Waals surface area contributed by atoms with Gasteiger partial charge in [0.25, 0.3) is 0 Å². The molecule has 90 valence electrons. The average molecular weight is 377 g/mol. The minimum Gasteiger partial charge on any atom is -0.369 e. The molecule has 0 amide bonds. The molecule has 0 saturated carbocycles. The van der Waals surface area contributed by atoms with Gasteiger partial charge >= 0.3 is 0 Å². The highest BCUT2D eigenvalue weighted by atomic mass is 79.9. The van der Waals surface area contributed by atoms with Crippen molar-refractivity contribution in [2.24, 2.45) is 0 Å². The summed E-state index contributed by atoms with van der Waals surface area (Å²) in [5.74, 6) is 0.862. The minimum absolute atomic E-state index is 0.834. The molecule has 3 nitrogen and oxygen atoms in total. The topological polar surface area (TPSA) is 37.8 Å². The van der Waals surface area contributed by atoms with E-state index in [4.69, 9.17) is 0 Å². The SMILES string of the molecule is Cc1csc(CCNc2ncc(Br)cc2Br)n1. The van der Waals surface area contributed by atoms with Crippen LogP contribution in [-0.4, -0.2) is 16.5 Å². The van der Waals surface area contributed by atoms with Crippen LogP contribution in [0, 0.1) is 6.92 Å². The number of anilines is 1. The summed E-state index contributed by atoms with van der Waals surface area (Å²) in [6.07, 6.45) is 2.70. The van der Waals surface area contributed by atoms with Crippen molar-refractivity contribution < 1.29 is 0 Å². The van der Waals surface area contributed by atoms with Crippen LogP contribution in [0.4, 0.5) is 5.82 Å². The molecule has 2 heterocycles. The van der Waals surface area contributed by atoms with E-state index in [0.717, 1.165) is 38.4 Å². The molecule has 0 fully saturated rings. The molecule has 0 bridgehead atoms. The zero-order valence-electron chi connectivity index (χ0n) is 9.20. The molecule has 0 unspecified atom stereocenters. The highest BCUT2D eigenvalue weighted by Crippen LogP contribution is 2.23. The molecule has 2 aromatic rings. The van der Waals surface area contributed by atoms with Gasteiger partial charge in [-0.05, 0) is 44.8 Å². The lowest BCUT2D eigenvalue weighted by Crippen LogP contribution is -2.06. The van der Waals surface area contributed by atoms with E-state index in [1.54, 1.807) is 17.5 Å². The van der Waals surface area contributed by atoms with Gasteiger partial charge in [0.1, 0.15) is 5.82 Å². The molecule has 0 radical (unpaired) electrons. The number of aromatic nitrogens is 2. The first kappa shape index (κ1) is 13.0. The van der Waals surface area contributed by atoms with E-state index < -0.39 is 0 Å². The van der Waals surface area contributed by atoms with E-state index in [1.165, 1.54) is 0 Å². The Morgan fingerprint density at radius 3 is 2.88 bits per heavy atom. The summed E-state index contributed by atoms with van der Waals surface area (Å²) in [5, 5.41) is 6.51. The molecule has 1 N–H and O–H groups in total. The monoisotopic (exact) mass is 375 g/mol. The molecular weight excluding hydrogens is 366 g/mol. The number of halogens is 2. The fourth-order valence-corrected chi connectivity index (χ4v) is 3.25. The van der Waals surface area contributed by atoms with Crippen LogP contribution in [0.3, 0.4) is 0 Å². The summed E-state index contributed by atoms with van der Waals surface area (Å²) < 4.78 is 1.92. The van der Waals surface area contributed by atoms with Gasteiger partial charge in [-0.25, -0.2) is 9.97 Å². The van der Waals surface area contributed by atoms with Crippen LogP contribution < -0.4 is 5.32 Å². The van der Waals surface area contributed by atoms with Crippen LogP contribution in [0.15, 0.2) is 26.6 Å². The van der Waals surface area contributed by atoms with Crippen molar-refractivity contribution in [3.8, 4) is 0 Å². The molecule has 0 saturated heterocycles. The van der Waals surface area contributed by atoms with Gasteiger partial charge in [0.05, 0.1) is 9.48 Å². The van der Waals surface area contributed by atoms with Crippen LogP contribution >= 0.6 is 43.2 Å². The lowest BCUT2D eigenvalue weighted by molar-refractivity contribution is 0.976. The first-order valence-corrected chi connectivity index (χ1v) is 7.57. The smallest absolute Gasteiger partial charge is 0.140 e. The predicted molar refractivity (Wildman–Crippen MR) is 78.7 cm³/mol. The summed E-state index contributed by atoms with van der Waals surface area (Å²) in [5.41, 5.74) is 1.09. The standard InChI is InChI=1S/C11H11Br2N3S/c1-7-6-17-10(16-7)2-3-14-11-9(13)4-8(12)5-15-11/h4-6H,2-3H2,1H3,(H,14,15). The lowest BCUT2D eigenvalue weighted by atomic mass is 10.4. The number of aryl methyl sites for hydroxylation is 1. The van der Waals surface area contributed by atoms with Crippen molar-refractivity contribution in [2.45, 2.75) is 13.3 Å². The quantitative estimate of drug-likeness (QED) is 0.875. The molecule has 0 aliphatic rings. The Balaban J connectivity index is 1.90. The van der Waals surface area contributed by atoms with Gasteiger partial charge in [-0.2, -0.15) is 0 Å². The van der Waals surface area contributed by atoms with Crippen molar-refractivity contribution >= 4 is 49.0 Å². The number of thiazole rings is 1. The van der Waals surface area contributed by atoms with Crippen LogP contribution in [0.25, 0.3) is 0 Å². The van der Waals surface area contributed by atoms with E-state index in [-0.39, 0.29) is 0 Å². The third-order valence-corrected chi connectivity index (χ3v) is 4.17. The van der Waals surface area contributed by atoms with Crippen molar-refractivity contribution in [2.75, 3.05) is 11.9 Å². The van der Waals surface area contributed by atoms with E-state index in [9.17, 15) is 0 Å². The van der Waals surface area contributed by atoms with Crippen LogP contribution in [0.1, 0.15) is 10.7 Å². The van der Waals surface area contributed by atoms with E-state index in [2.05, 4.69) is 52.5 Å². The van der Waals surface area contributed by atoms with Crippen molar-refractivity contribution in [3.05, 3.63) is 37.3 Å². The first-order valence-electron chi connectivity index (χ1n) is 5.11. The van der Waals surface area contributed by atoms with Crippen LogP contribution in [0.2, 0.25) is 0 Å². The Morgan fingerprint density at radius 2 is 2.24 bits per heavy atom. The summed E-state index contributed by atoms with van der Waals surface area (Å²) in [6.45, 7) is 2.85. The minimum atomic E-state index is 0.834. The van der Waals surface area contributed by atoms with E-state index >= 15 is 0 Å².